The fourth-order valence-electron chi connectivity index (χ4n) is 1.95. The lowest BCUT2D eigenvalue weighted by Gasteiger charge is -2.16. The van der Waals surface area contributed by atoms with Crippen molar-refractivity contribution >= 4 is 27.3 Å². The second kappa shape index (κ2) is 5.43. The van der Waals surface area contributed by atoms with Crippen LogP contribution in [0.5, 0.6) is 5.75 Å². The summed E-state index contributed by atoms with van der Waals surface area (Å²) in [5.74, 6) is 0.839. The zero-order valence-electron chi connectivity index (χ0n) is 10.7. The Bertz CT molecular complexity index is 565. The lowest BCUT2D eigenvalue weighted by molar-refractivity contribution is 0.408. The molecule has 2 rings (SSSR count). The van der Waals surface area contributed by atoms with E-state index in [0.29, 0.717) is 0 Å². The maximum absolute atomic E-state index is 6.38. The summed E-state index contributed by atoms with van der Waals surface area (Å²) in [5.41, 5.74) is 8.59. The van der Waals surface area contributed by atoms with E-state index in [0.717, 1.165) is 20.7 Å². The number of aryl methyl sites for hydroxylation is 2. The van der Waals surface area contributed by atoms with E-state index < -0.39 is 0 Å². The van der Waals surface area contributed by atoms with Gasteiger partial charge in [-0.2, -0.15) is 0 Å². The first-order chi connectivity index (χ1) is 8.52. The number of hydrogen-bond acceptors (Lipinski definition) is 3. The van der Waals surface area contributed by atoms with Gasteiger partial charge in [-0.1, -0.05) is 17.7 Å². The standard InChI is InChI=1S/C14H16BrNOS/c1-8-4-5-12(17-3)10(6-8)13(16)14-11(15)7-9(2)18-14/h4-7,13H,16H2,1-3H3. The molecule has 0 fully saturated rings. The Labute approximate surface area is 120 Å². The number of methoxy groups -OCH3 is 1. The first-order valence-electron chi connectivity index (χ1n) is 5.69. The molecule has 96 valence electrons. The largest absolute Gasteiger partial charge is 0.496 e. The summed E-state index contributed by atoms with van der Waals surface area (Å²) in [6, 6.07) is 8.03. The van der Waals surface area contributed by atoms with Crippen LogP contribution in [0.15, 0.2) is 28.7 Å². The predicted octanol–water partition coefficient (Wildman–Crippen LogP) is 4.18. The average molecular weight is 326 g/mol. The third-order valence-electron chi connectivity index (χ3n) is 2.84. The molecule has 0 bridgehead atoms. The van der Waals surface area contributed by atoms with Crippen molar-refractivity contribution in [2.45, 2.75) is 19.9 Å². The smallest absolute Gasteiger partial charge is 0.124 e. The number of halogens is 1. The highest BCUT2D eigenvalue weighted by atomic mass is 79.9. The summed E-state index contributed by atoms with van der Waals surface area (Å²) >= 11 is 5.28. The van der Waals surface area contributed by atoms with E-state index in [9.17, 15) is 0 Å². The minimum Gasteiger partial charge on any atom is -0.496 e. The van der Waals surface area contributed by atoms with Crippen molar-refractivity contribution in [3.05, 3.63) is 49.6 Å². The zero-order chi connectivity index (χ0) is 13.3. The van der Waals surface area contributed by atoms with E-state index in [2.05, 4.69) is 41.9 Å². The first-order valence-corrected chi connectivity index (χ1v) is 7.30. The Balaban J connectivity index is 2.48. The number of nitrogens with two attached hydrogens (primary N) is 1. The molecule has 1 unspecified atom stereocenters. The Kier molecular flexibility index (Phi) is 4.10. The minimum atomic E-state index is -0.159. The van der Waals surface area contributed by atoms with Gasteiger partial charge in [0.05, 0.1) is 13.2 Å². The van der Waals surface area contributed by atoms with Crippen molar-refractivity contribution in [3.63, 3.8) is 0 Å². The monoisotopic (exact) mass is 325 g/mol. The molecule has 18 heavy (non-hydrogen) atoms. The van der Waals surface area contributed by atoms with Crippen LogP contribution in [0.1, 0.15) is 26.9 Å². The molecule has 1 atom stereocenters. The third-order valence-corrected chi connectivity index (χ3v) is 4.89. The van der Waals surface area contributed by atoms with Gasteiger partial charge in [0.25, 0.3) is 0 Å². The molecule has 0 amide bonds. The summed E-state index contributed by atoms with van der Waals surface area (Å²) in [5, 5.41) is 0. The zero-order valence-corrected chi connectivity index (χ0v) is 13.1. The highest BCUT2D eigenvalue weighted by Crippen LogP contribution is 2.37. The highest BCUT2D eigenvalue weighted by Gasteiger charge is 2.18. The van der Waals surface area contributed by atoms with Gasteiger partial charge in [-0.05, 0) is 41.9 Å². The molecule has 0 aliphatic carbocycles. The number of benzene rings is 1. The van der Waals surface area contributed by atoms with Crippen LogP contribution in [0.2, 0.25) is 0 Å². The Morgan fingerprint density at radius 3 is 2.56 bits per heavy atom. The molecule has 0 radical (unpaired) electrons. The summed E-state index contributed by atoms with van der Waals surface area (Å²) in [6.07, 6.45) is 0. The van der Waals surface area contributed by atoms with E-state index in [-0.39, 0.29) is 6.04 Å². The van der Waals surface area contributed by atoms with Crippen molar-refractivity contribution in [3.8, 4) is 5.75 Å². The number of ether oxygens (including phenoxy) is 1. The maximum Gasteiger partial charge on any atom is 0.124 e. The molecule has 0 saturated heterocycles. The quantitative estimate of drug-likeness (QED) is 0.918. The normalized spacial score (nSPS) is 12.5. The fraction of sp³-hybridized carbons (Fsp3) is 0.286. The number of hydrogen-bond donors (Lipinski definition) is 1. The number of rotatable bonds is 3. The van der Waals surface area contributed by atoms with Crippen molar-refractivity contribution in [2.75, 3.05) is 7.11 Å². The van der Waals surface area contributed by atoms with E-state index in [1.54, 1.807) is 18.4 Å². The SMILES string of the molecule is COc1ccc(C)cc1C(N)c1sc(C)cc1Br. The van der Waals surface area contributed by atoms with Crippen LogP contribution in [0, 0.1) is 13.8 Å². The molecule has 1 aromatic carbocycles. The molecule has 0 aliphatic rings. The summed E-state index contributed by atoms with van der Waals surface area (Å²) < 4.78 is 6.47. The molecule has 2 N–H and O–H groups in total. The van der Waals surface area contributed by atoms with Gasteiger partial charge in [-0.15, -0.1) is 11.3 Å². The molecule has 1 aromatic heterocycles. The lowest BCUT2D eigenvalue weighted by atomic mass is 10.0. The van der Waals surface area contributed by atoms with Crippen LogP contribution in [-0.2, 0) is 0 Å². The second-order valence-corrected chi connectivity index (χ2v) is 6.43. The van der Waals surface area contributed by atoms with Gasteiger partial charge in [-0.3, -0.25) is 0 Å². The summed E-state index contributed by atoms with van der Waals surface area (Å²) in [7, 11) is 1.68. The number of thiophene rings is 1. The first kappa shape index (κ1) is 13.6. The van der Waals surface area contributed by atoms with Crippen LogP contribution in [0.3, 0.4) is 0 Å². The van der Waals surface area contributed by atoms with Gasteiger partial charge in [-0.25, -0.2) is 0 Å². The van der Waals surface area contributed by atoms with E-state index in [4.69, 9.17) is 10.5 Å². The van der Waals surface area contributed by atoms with Crippen molar-refractivity contribution in [1.29, 1.82) is 0 Å². The van der Waals surface area contributed by atoms with Crippen molar-refractivity contribution in [2.24, 2.45) is 5.73 Å². The Morgan fingerprint density at radius 2 is 2.00 bits per heavy atom. The average Bonchev–Trinajstić information content (AvgIpc) is 2.67. The molecule has 0 spiro atoms. The summed E-state index contributed by atoms with van der Waals surface area (Å²) in [6.45, 7) is 4.14. The van der Waals surface area contributed by atoms with Gasteiger partial charge >= 0.3 is 0 Å². The summed E-state index contributed by atoms with van der Waals surface area (Å²) in [4.78, 5) is 2.38. The Morgan fingerprint density at radius 1 is 1.28 bits per heavy atom. The van der Waals surface area contributed by atoms with Gasteiger partial charge in [0, 0.05) is 19.8 Å². The molecular weight excluding hydrogens is 310 g/mol. The van der Waals surface area contributed by atoms with Gasteiger partial charge in [0.1, 0.15) is 5.75 Å². The predicted molar refractivity (Wildman–Crippen MR) is 80.5 cm³/mol. The fourth-order valence-corrected chi connectivity index (χ4v) is 3.87. The van der Waals surface area contributed by atoms with Gasteiger partial charge in [0.15, 0.2) is 0 Å². The van der Waals surface area contributed by atoms with Crippen LogP contribution in [-0.4, -0.2) is 7.11 Å². The van der Waals surface area contributed by atoms with Crippen LogP contribution >= 0.6 is 27.3 Å². The molecule has 4 heteroatoms. The van der Waals surface area contributed by atoms with E-state index in [1.807, 2.05) is 12.1 Å². The van der Waals surface area contributed by atoms with E-state index >= 15 is 0 Å². The van der Waals surface area contributed by atoms with Gasteiger partial charge in [0.2, 0.25) is 0 Å². The van der Waals surface area contributed by atoms with Crippen LogP contribution in [0.25, 0.3) is 0 Å². The molecule has 2 nitrogen and oxygen atoms in total. The topological polar surface area (TPSA) is 35.2 Å². The second-order valence-electron chi connectivity index (χ2n) is 4.29. The molecule has 0 saturated carbocycles. The third kappa shape index (κ3) is 2.60. The van der Waals surface area contributed by atoms with Gasteiger partial charge < -0.3 is 10.5 Å². The molecule has 1 heterocycles. The highest BCUT2D eigenvalue weighted by molar-refractivity contribution is 9.10. The molecular formula is C14H16BrNOS. The Hall–Kier alpha value is -0.840. The lowest BCUT2D eigenvalue weighted by Crippen LogP contribution is -2.12. The van der Waals surface area contributed by atoms with Crippen molar-refractivity contribution < 1.29 is 4.74 Å². The van der Waals surface area contributed by atoms with Crippen molar-refractivity contribution in [1.82, 2.24) is 0 Å². The molecule has 0 aliphatic heterocycles. The van der Waals surface area contributed by atoms with Crippen LogP contribution < -0.4 is 10.5 Å². The van der Waals surface area contributed by atoms with E-state index in [1.165, 1.54) is 10.4 Å². The minimum absolute atomic E-state index is 0.159. The maximum atomic E-state index is 6.38. The molecule has 2 aromatic rings. The van der Waals surface area contributed by atoms with Crippen LogP contribution in [0.4, 0.5) is 0 Å².